The molecule has 1 saturated carbocycles. The first-order valence-electron chi connectivity index (χ1n) is 7.74. The van der Waals surface area contributed by atoms with E-state index in [1.54, 1.807) is 0 Å². The van der Waals surface area contributed by atoms with Gasteiger partial charge in [0.2, 0.25) is 0 Å². The normalized spacial score (nSPS) is 15.5. The third kappa shape index (κ3) is 3.72. The zero-order valence-corrected chi connectivity index (χ0v) is 14.4. The van der Waals surface area contributed by atoms with Gasteiger partial charge in [0.1, 0.15) is 0 Å². The number of amides is 1. The Bertz CT molecular complexity index is 886. The number of rotatable bonds is 5. The van der Waals surface area contributed by atoms with Crippen molar-refractivity contribution in [2.75, 3.05) is 7.11 Å². The maximum Gasteiger partial charge on any atom is 0.416 e. The van der Waals surface area contributed by atoms with Gasteiger partial charge in [0.25, 0.3) is 5.91 Å². The van der Waals surface area contributed by atoms with E-state index in [0.717, 1.165) is 30.6 Å². The van der Waals surface area contributed by atoms with Crippen molar-refractivity contribution in [1.82, 2.24) is 5.32 Å². The monoisotopic (exact) mass is 385 g/mol. The molecular weight excluding hydrogens is 371 g/mol. The molecule has 138 valence electrons. The molecule has 0 saturated heterocycles. The van der Waals surface area contributed by atoms with Crippen LogP contribution in [0.1, 0.15) is 28.1 Å². The van der Waals surface area contributed by atoms with Crippen LogP contribution in [0.4, 0.5) is 13.2 Å². The molecule has 1 aromatic carbocycles. The number of carbonyl (C=O) groups is 3. The van der Waals surface area contributed by atoms with Crippen molar-refractivity contribution in [3.63, 3.8) is 0 Å². The third-order valence-corrected chi connectivity index (χ3v) is 5.14. The van der Waals surface area contributed by atoms with E-state index in [0.29, 0.717) is 18.2 Å². The van der Waals surface area contributed by atoms with Gasteiger partial charge in [0.15, 0.2) is 11.8 Å². The van der Waals surface area contributed by atoms with Gasteiger partial charge in [-0.15, -0.1) is 11.3 Å². The summed E-state index contributed by atoms with van der Waals surface area (Å²) in [4.78, 5) is 36.5. The van der Waals surface area contributed by atoms with Gasteiger partial charge in [-0.3, -0.25) is 9.59 Å². The quantitative estimate of drug-likeness (QED) is 0.634. The molecule has 1 fully saturated rings. The first-order chi connectivity index (χ1) is 12.2. The van der Waals surface area contributed by atoms with Crippen LogP contribution in [0.5, 0.6) is 0 Å². The number of thiophene rings is 1. The lowest BCUT2D eigenvalue weighted by Crippen LogP contribution is -2.47. The van der Waals surface area contributed by atoms with E-state index in [-0.39, 0.29) is 15.5 Å². The minimum atomic E-state index is -4.48. The van der Waals surface area contributed by atoms with Crippen molar-refractivity contribution in [1.29, 1.82) is 0 Å². The molecule has 3 rings (SSSR count). The van der Waals surface area contributed by atoms with E-state index in [4.69, 9.17) is 0 Å². The lowest BCUT2D eigenvalue weighted by Gasteiger charge is -2.14. The summed E-state index contributed by atoms with van der Waals surface area (Å²) in [7, 11) is 1.11. The number of halogens is 3. The van der Waals surface area contributed by atoms with Crippen LogP contribution in [0.15, 0.2) is 24.3 Å². The molecule has 1 amide bonds. The lowest BCUT2D eigenvalue weighted by atomic mass is 10.1. The Labute approximate surface area is 150 Å². The molecular formula is C17H14F3NO4S. The second-order valence-corrected chi connectivity index (χ2v) is 7.05. The molecule has 1 atom stereocenters. The van der Waals surface area contributed by atoms with Crippen molar-refractivity contribution in [2.45, 2.75) is 25.1 Å². The summed E-state index contributed by atoms with van der Waals surface area (Å²) >= 11 is 0.857. The molecule has 1 aromatic heterocycles. The zero-order chi connectivity index (χ0) is 19.1. The number of hydrogen-bond acceptors (Lipinski definition) is 5. The van der Waals surface area contributed by atoms with Crippen LogP contribution in [0.25, 0.3) is 10.1 Å². The number of nitrogens with one attached hydrogen (secondary N) is 1. The molecule has 2 aromatic rings. The van der Waals surface area contributed by atoms with Crippen LogP contribution in [0.2, 0.25) is 0 Å². The van der Waals surface area contributed by atoms with E-state index in [2.05, 4.69) is 10.1 Å². The summed E-state index contributed by atoms with van der Waals surface area (Å²) < 4.78 is 43.2. The zero-order valence-electron chi connectivity index (χ0n) is 13.6. The number of hydrogen-bond donors (Lipinski definition) is 1. The predicted molar refractivity (Wildman–Crippen MR) is 87.8 cm³/mol. The largest absolute Gasteiger partial charge is 0.467 e. The van der Waals surface area contributed by atoms with Crippen molar-refractivity contribution < 1.29 is 32.3 Å². The molecule has 0 aliphatic heterocycles. The highest BCUT2D eigenvalue weighted by Crippen LogP contribution is 2.35. The number of benzene rings is 1. The minimum Gasteiger partial charge on any atom is -0.467 e. The Morgan fingerprint density at radius 2 is 1.92 bits per heavy atom. The second kappa shape index (κ2) is 6.71. The number of ketones is 1. The fourth-order valence-corrected chi connectivity index (χ4v) is 3.49. The average Bonchev–Trinajstić information content (AvgIpc) is 3.35. The summed E-state index contributed by atoms with van der Waals surface area (Å²) in [6, 6.07) is 3.19. The van der Waals surface area contributed by atoms with Crippen LogP contribution >= 0.6 is 11.3 Å². The van der Waals surface area contributed by atoms with Crippen molar-refractivity contribution in [2.24, 2.45) is 5.92 Å². The molecule has 5 nitrogen and oxygen atoms in total. The third-order valence-electron chi connectivity index (χ3n) is 4.05. The molecule has 0 bridgehead atoms. The van der Waals surface area contributed by atoms with Crippen molar-refractivity contribution in [3.8, 4) is 0 Å². The van der Waals surface area contributed by atoms with Gasteiger partial charge in [-0.1, -0.05) is 6.07 Å². The van der Waals surface area contributed by atoms with Crippen LogP contribution < -0.4 is 5.32 Å². The van der Waals surface area contributed by atoms with Crippen LogP contribution in [-0.4, -0.2) is 30.8 Å². The van der Waals surface area contributed by atoms with Crippen LogP contribution in [0, 0.1) is 5.92 Å². The molecule has 0 spiro atoms. The van der Waals surface area contributed by atoms with Crippen molar-refractivity contribution >= 4 is 39.1 Å². The van der Waals surface area contributed by atoms with Gasteiger partial charge < -0.3 is 10.1 Å². The van der Waals surface area contributed by atoms with Gasteiger partial charge >= 0.3 is 12.1 Å². The molecule has 9 heteroatoms. The van der Waals surface area contributed by atoms with Gasteiger partial charge in [-0.05, 0) is 36.4 Å². The molecule has 1 aliphatic rings. The molecule has 1 aliphatic carbocycles. The summed E-state index contributed by atoms with van der Waals surface area (Å²) in [5.74, 6) is -2.25. The topological polar surface area (TPSA) is 72.5 Å². The molecule has 1 N–H and O–H groups in total. The molecule has 0 radical (unpaired) electrons. The molecule has 1 heterocycles. The van der Waals surface area contributed by atoms with Crippen LogP contribution in [0.3, 0.4) is 0 Å². The highest BCUT2D eigenvalue weighted by atomic mass is 32.1. The van der Waals surface area contributed by atoms with Gasteiger partial charge in [-0.2, -0.15) is 13.2 Å². The van der Waals surface area contributed by atoms with Gasteiger partial charge in [0.05, 0.1) is 17.6 Å². The van der Waals surface area contributed by atoms with Crippen molar-refractivity contribution in [3.05, 3.63) is 34.7 Å². The first kappa shape index (κ1) is 18.4. The number of carbonyl (C=O) groups excluding carboxylic acids is 3. The number of methoxy groups -OCH3 is 1. The molecule has 26 heavy (non-hydrogen) atoms. The van der Waals surface area contributed by atoms with Gasteiger partial charge in [-0.25, -0.2) is 4.79 Å². The number of alkyl halides is 3. The fraction of sp³-hybridized carbons (Fsp3) is 0.353. The Hall–Kier alpha value is -2.42. The highest BCUT2D eigenvalue weighted by Gasteiger charge is 2.40. The van der Waals surface area contributed by atoms with E-state index >= 15 is 0 Å². The summed E-state index contributed by atoms with van der Waals surface area (Å²) in [5, 5.41) is 2.80. The highest BCUT2D eigenvalue weighted by molar-refractivity contribution is 7.20. The van der Waals surface area contributed by atoms with Gasteiger partial charge in [0, 0.05) is 10.6 Å². The smallest absolute Gasteiger partial charge is 0.416 e. The average molecular weight is 385 g/mol. The number of ether oxygens (including phenoxy) is 1. The Morgan fingerprint density at radius 1 is 1.23 bits per heavy atom. The Kier molecular flexibility index (Phi) is 4.74. The number of esters is 1. The van der Waals surface area contributed by atoms with E-state index < -0.39 is 35.4 Å². The number of fused-ring (bicyclic) bond motifs is 1. The summed E-state index contributed by atoms with van der Waals surface area (Å²) in [6.07, 6.45) is -3.16. The lowest BCUT2D eigenvalue weighted by molar-refractivity contribution is -0.146. The van der Waals surface area contributed by atoms with E-state index in [1.165, 1.54) is 12.1 Å². The predicted octanol–water partition coefficient (Wildman–Crippen LogP) is 3.17. The van der Waals surface area contributed by atoms with E-state index in [1.807, 2.05) is 0 Å². The first-order valence-corrected chi connectivity index (χ1v) is 8.55. The van der Waals surface area contributed by atoms with E-state index in [9.17, 15) is 27.6 Å². The molecule has 1 unspecified atom stereocenters. The maximum atomic E-state index is 12.8. The second-order valence-electron chi connectivity index (χ2n) is 5.97. The van der Waals surface area contributed by atoms with Crippen LogP contribution in [-0.2, 0) is 20.5 Å². The standard InChI is InChI=1S/C17H14F3NO4S/c1-25-16(24)13(14(22)8-2-3-8)21-15(23)12-6-9-4-5-10(17(18,19)20)7-11(9)26-12/h4-8,13H,2-3H2,1H3,(H,21,23). The number of Topliss-reactive ketones (excluding diaryl/α,β-unsaturated/α-hetero) is 1. The summed E-state index contributed by atoms with van der Waals surface area (Å²) in [6.45, 7) is 0. The minimum absolute atomic E-state index is 0.108. The maximum absolute atomic E-state index is 12.8. The Morgan fingerprint density at radius 3 is 2.50 bits per heavy atom. The fourth-order valence-electron chi connectivity index (χ4n) is 2.49. The SMILES string of the molecule is COC(=O)C(NC(=O)c1cc2ccc(C(F)(F)F)cc2s1)C(=O)C1CC1. The summed E-state index contributed by atoms with van der Waals surface area (Å²) in [5.41, 5.74) is -0.810. The Balaban J connectivity index is 1.84.